The third-order valence-corrected chi connectivity index (χ3v) is 6.21. The summed E-state index contributed by atoms with van der Waals surface area (Å²) >= 11 is 0. The Balaban J connectivity index is 1.80. The van der Waals surface area contributed by atoms with Gasteiger partial charge in [-0.2, -0.15) is 0 Å². The molecule has 1 unspecified atom stereocenters. The van der Waals surface area contributed by atoms with Crippen molar-refractivity contribution in [1.82, 2.24) is 0 Å². The molecule has 4 rings (SSSR count). The van der Waals surface area contributed by atoms with Crippen molar-refractivity contribution in [3.8, 4) is 11.5 Å². The Kier molecular flexibility index (Phi) is 6.12. The first-order chi connectivity index (χ1) is 14.7. The van der Waals surface area contributed by atoms with Gasteiger partial charge in [0.2, 0.25) is 0 Å². The predicted molar refractivity (Wildman–Crippen MR) is 124 cm³/mol. The van der Waals surface area contributed by atoms with Gasteiger partial charge in [-0.3, -0.25) is 0 Å². The fraction of sp³-hybridized carbons (Fsp3) is 0.308. The van der Waals surface area contributed by atoms with Crippen LogP contribution in [0.4, 0.5) is 11.4 Å². The van der Waals surface area contributed by atoms with E-state index in [0.717, 1.165) is 29.3 Å². The number of para-hydroxylation sites is 4. The van der Waals surface area contributed by atoms with E-state index in [9.17, 15) is 0 Å². The van der Waals surface area contributed by atoms with Crippen LogP contribution in [0, 0.1) is 5.92 Å². The van der Waals surface area contributed by atoms with Crippen LogP contribution in [0.5, 0.6) is 11.5 Å². The van der Waals surface area contributed by atoms with Gasteiger partial charge in [-0.05, 0) is 35.7 Å². The zero-order valence-electron chi connectivity index (χ0n) is 17.7. The summed E-state index contributed by atoms with van der Waals surface area (Å²) in [6.45, 7) is 6.19. The molecule has 0 spiro atoms. The standard InChI is InChI=1S/C26H30N2O2/c1-3-20(2)26(21-11-5-4-6-12-21)17-29-24-15-9-7-13-22(24)27-19-28-23-14-8-10-16-25(23)30-18-26/h4-16,20,27-28H,3,17-19H2,1-2H3. The Morgan fingerprint density at radius 3 is 1.80 bits per heavy atom. The molecular formula is C26H30N2O2. The lowest BCUT2D eigenvalue weighted by molar-refractivity contribution is 0.0960. The number of rotatable bonds is 3. The summed E-state index contributed by atoms with van der Waals surface area (Å²) in [7, 11) is 0. The van der Waals surface area contributed by atoms with Crippen LogP contribution in [0.2, 0.25) is 0 Å². The van der Waals surface area contributed by atoms with E-state index in [-0.39, 0.29) is 5.41 Å². The highest BCUT2D eigenvalue weighted by Gasteiger charge is 2.40. The van der Waals surface area contributed by atoms with Gasteiger partial charge < -0.3 is 20.1 Å². The maximum atomic E-state index is 6.47. The molecule has 1 aliphatic heterocycles. The second-order valence-corrected chi connectivity index (χ2v) is 7.93. The third kappa shape index (κ3) is 4.09. The zero-order chi connectivity index (χ0) is 20.8. The molecule has 1 heterocycles. The highest BCUT2D eigenvalue weighted by molar-refractivity contribution is 5.60. The first-order valence-electron chi connectivity index (χ1n) is 10.7. The highest BCUT2D eigenvalue weighted by atomic mass is 16.5. The summed E-state index contributed by atoms with van der Waals surface area (Å²) < 4.78 is 12.9. The van der Waals surface area contributed by atoms with Crippen molar-refractivity contribution in [3.63, 3.8) is 0 Å². The number of hydrogen-bond acceptors (Lipinski definition) is 4. The Hall–Kier alpha value is -3.14. The Bertz CT molecular complexity index is 907. The van der Waals surface area contributed by atoms with Gasteiger partial charge in [0, 0.05) is 0 Å². The van der Waals surface area contributed by atoms with Crippen molar-refractivity contribution in [3.05, 3.63) is 84.4 Å². The molecule has 0 aromatic heterocycles. The van der Waals surface area contributed by atoms with Gasteiger partial charge in [0.25, 0.3) is 0 Å². The summed E-state index contributed by atoms with van der Waals surface area (Å²) in [5.74, 6) is 2.08. The summed E-state index contributed by atoms with van der Waals surface area (Å²) in [5, 5.41) is 6.88. The van der Waals surface area contributed by atoms with Gasteiger partial charge in [0.05, 0.1) is 23.5 Å². The number of hydrogen-bond donors (Lipinski definition) is 2. The normalized spacial score (nSPS) is 16.6. The average molecular weight is 403 g/mol. The largest absolute Gasteiger partial charge is 0.490 e. The van der Waals surface area contributed by atoms with Crippen molar-refractivity contribution in [2.45, 2.75) is 25.7 Å². The Morgan fingerprint density at radius 1 is 0.767 bits per heavy atom. The monoisotopic (exact) mass is 402 g/mol. The minimum Gasteiger partial charge on any atom is -0.490 e. The number of anilines is 2. The molecule has 156 valence electrons. The molecule has 4 heteroatoms. The second kappa shape index (κ2) is 9.12. The SMILES string of the molecule is CCC(C)C1(c2ccccc2)COc2ccccc2NCNc2ccccc2OC1. The van der Waals surface area contributed by atoms with E-state index in [1.54, 1.807) is 0 Å². The van der Waals surface area contributed by atoms with Crippen molar-refractivity contribution in [2.24, 2.45) is 5.92 Å². The topological polar surface area (TPSA) is 42.5 Å². The van der Waals surface area contributed by atoms with E-state index in [1.165, 1.54) is 5.56 Å². The highest BCUT2D eigenvalue weighted by Crippen LogP contribution is 2.38. The van der Waals surface area contributed by atoms with E-state index < -0.39 is 0 Å². The molecule has 1 aliphatic rings. The van der Waals surface area contributed by atoms with Crippen LogP contribution >= 0.6 is 0 Å². The molecule has 30 heavy (non-hydrogen) atoms. The molecule has 0 amide bonds. The maximum absolute atomic E-state index is 6.47. The van der Waals surface area contributed by atoms with Crippen molar-refractivity contribution < 1.29 is 9.47 Å². The van der Waals surface area contributed by atoms with Gasteiger partial charge in [-0.1, -0.05) is 74.9 Å². The molecule has 0 saturated heterocycles. The molecule has 0 fully saturated rings. The van der Waals surface area contributed by atoms with Gasteiger partial charge in [-0.25, -0.2) is 0 Å². The number of fused-ring (bicyclic) bond motifs is 2. The van der Waals surface area contributed by atoms with Gasteiger partial charge in [0.15, 0.2) is 0 Å². The van der Waals surface area contributed by atoms with Crippen LogP contribution in [0.3, 0.4) is 0 Å². The molecule has 1 atom stereocenters. The van der Waals surface area contributed by atoms with Crippen molar-refractivity contribution in [1.29, 1.82) is 0 Å². The van der Waals surface area contributed by atoms with E-state index >= 15 is 0 Å². The molecule has 4 nitrogen and oxygen atoms in total. The number of benzene rings is 3. The van der Waals surface area contributed by atoms with Crippen molar-refractivity contribution in [2.75, 3.05) is 30.5 Å². The second-order valence-electron chi connectivity index (χ2n) is 7.93. The lowest BCUT2D eigenvalue weighted by atomic mass is 9.71. The van der Waals surface area contributed by atoms with Gasteiger partial charge >= 0.3 is 0 Å². The molecule has 0 saturated carbocycles. The van der Waals surface area contributed by atoms with Crippen LogP contribution in [0.15, 0.2) is 78.9 Å². The molecule has 2 N–H and O–H groups in total. The maximum Gasteiger partial charge on any atom is 0.142 e. The minimum atomic E-state index is -0.282. The average Bonchev–Trinajstić information content (AvgIpc) is 2.80. The lowest BCUT2D eigenvalue weighted by Crippen LogP contribution is -2.45. The van der Waals surface area contributed by atoms with Crippen LogP contribution < -0.4 is 20.1 Å². The number of nitrogens with one attached hydrogen (secondary N) is 2. The molecule has 0 bridgehead atoms. The Morgan fingerprint density at radius 2 is 1.27 bits per heavy atom. The smallest absolute Gasteiger partial charge is 0.142 e. The van der Waals surface area contributed by atoms with Crippen LogP contribution in [-0.2, 0) is 5.41 Å². The molecule has 3 aromatic rings. The molecule has 0 radical (unpaired) electrons. The fourth-order valence-corrected chi connectivity index (χ4v) is 4.06. The van der Waals surface area contributed by atoms with Crippen LogP contribution in [0.1, 0.15) is 25.8 Å². The van der Waals surface area contributed by atoms with E-state index in [2.05, 4.69) is 66.9 Å². The van der Waals surface area contributed by atoms with E-state index in [0.29, 0.717) is 25.8 Å². The predicted octanol–water partition coefficient (Wildman–Crippen LogP) is 5.92. The fourth-order valence-electron chi connectivity index (χ4n) is 4.06. The number of ether oxygens (including phenoxy) is 2. The molecular weight excluding hydrogens is 372 g/mol. The first-order valence-corrected chi connectivity index (χ1v) is 10.7. The summed E-state index contributed by atoms with van der Waals surface area (Å²) in [6, 6.07) is 26.9. The third-order valence-electron chi connectivity index (χ3n) is 6.21. The minimum absolute atomic E-state index is 0.282. The van der Waals surface area contributed by atoms with Crippen molar-refractivity contribution >= 4 is 11.4 Å². The zero-order valence-corrected chi connectivity index (χ0v) is 17.7. The van der Waals surface area contributed by atoms with E-state index in [1.807, 2.05) is 36.4 Å². The summed E-state index contributed by atoms with van der Waals surface area (Å²) in [4.78, 5) is 0. The first kappa shape index (κ1) is 20.1. The quantitative estimate of drug-likeness (QED) is 0.570. The summed E-state index contributed by atoms with van der Waals surface area (Å²) in [5.41, 5.74) is 2.92. The summed E-state index contributed by atoms with van der Waals surface area (Å²) in [6.07, 6.45) is 1.03. The van der Waals surface area contributed by atoms with Crippen LogP contribution in [-0.4, -0.2) is 19.9 Å². The molecule has 0 aliphatic carbocycles. The van der Waals surface area contributed by atoms with Gasteiger partial charge in [-0.15, -0.1) is 0 Å². The van der Waals surface area contributed by atoms with Crippen LogP contribution in [0.25, 0.3) is 0 Å². The molecule has 3 aromatic carbocycles. The van der Waals surface area contributed by atoms with E-state index in [4.69, 9.17) is 9.47 Å². The van der Waals surface area contributed by atoms with Gasteiger partial charge in [0.1, 0.15) is 24.7 Å². The Labute approximate surface area is 179 Å². The lowest BCUT2D eigenvalue weighted by Gasteiger charge is -2.39.